The van der Waals surface area contributed by atoms with Crippen molar-refractivity contribution in [3.05, 3.63) is 72.1 Å². The van der Waals surface area contributed by atoms with E-state index in [-0.39, 0.29) is 0 Å². The summed E-state index contributed by atoms with van der Waals surface area (Å²) in [6.07, 6.45) is 5.88. The summed E-state index contributed by atoms with van der Waals surface area (Å²) in [6, 6.07) is 21.8. The van der Waals surface area contributed by atoms with Gasteiger partial charge in [-0.2, -0.15) is 0 Å². The first-order valence-electron chi connectivity index (χ1n) is 7.76. The molecule has 21 heavy (non-hydrogen) atoms. The highest BCUT2D eigenvalue weighted by molar-refractivity contribution is 7.06. The molecule has 3 rings (SSSR count). The molecule has 2 heteroatoms. The number of allylic oxidation sites excluding steroid dienone is 1. The number of hydrogen-bond donors (Lipinski definition) is 0. The molecule has 0 atom stereocenters. The Morgan fingerprint density at radius 3 is 1.95 bits per heavy atom. The van der Waals surface area contributed by atoms with Gasteiger partial charge in [0.2, 0.25) is 0 Å². The van der Waals surface area contributed by atoms with Gasteiger partial charge in [-0.3, -0.25) is 0 Å². The van der Waals surface area contributed by atoms with Gasteiger partial charge in [0.05, 0.1) is 12.0 Å². The van der Waals surface area contributed by atoms with E-state index in [0.717, 1.165) is 19.4 Å². The van der Waals surface area contributed by atoms with Crippen LogP contribution in [0.25, 0.3) is 0 Å². The molecule has 1 heterocycles. The third kappa shape index (κ3) is 2.81. The molecule has 1 nitrogen and oxygen atoms in total. The first-order valence-corrected chi connectivity index (χ1v) is 10.3. The smallest absolute Gasteiger partial charge is 0.188 e. The number of ether oxygens (including phenoxy) is 1. The fraction of sp³-hybridized carbons (Fsp3) is 0.263. The van der Waals surface area contributed by atoms with Crippen molar-refractivity contribution in [2.24, 2.45) is 0 Å². The van der Waals surface area contributed by atoms with Crippen LogP contribution in [0, 0.1) is 0 Å². The second kappa shape index (κ2) is 6.31. The summed E-state index contributed by atoms with van der Waals surface area (Å²) in [5.41, 5.74) is 0. The molecule has 108 valence electrons. The summed E-state index contributed by atoms with van der Waals surface area (Å²) in [7, 11) is -1.99. The van der Waals surface area contributed by atoms with Crippen molar-refractivity contribution in [2.75, 3.05) is 6.61 Å². The summed E-state index contributed by atoms with van der Waals surface area (Å²) < 4.78 is 6.20. The molecule has 0 saturated carbocycles. The normalized spacial score (nSPS) is 15.8. The first kappa shape index (κ1) is 14.1. The molecule has 0 aromatic heterocycles. The summed E-state index contributed by atoms with van der Waals surface area (Å²) in [5, 5.41) is 4.08. The zero-order valence-electron chi connectivity index (χ0n) is 12.6. The van der Waals surface area contributed by atoms with Gasteiger partial charge in [0.15, 0.2) is 8.07 Å². The summed E-state index contributed by atoms with van der Waals surface area (Å²) in [4.78, 5) is 0. The molecule has 0 fully saturated rings. The Kier molecular flexibility index (Phi) is 4.25. The lowest BCUT2D eigenvalue weighted by atomic mass is 10.2. The van der Waals surface area contributed by atoms with Gasteiger partial charge < -0.3 is 4.74 Å². The van der Waals surface area contributed by atoms with E-state index < -0.39 is 8.07 Å². The van der Waals surface area contributed by atoms with Crippen molar-refractivity contribution in [3.63, 3.8) is 0 Å². The maximum absolute atomic E-state index is 6.20. The van der Waals surface area contributed by atoms with Crippen molar-refractivity contribution in [1.29, 1.82) is 0 Å². The topological polar surface area (TPSA) is 9.23 Å². The predicted octanol–water partition coefficient (Wildman–Crippen LogP) is 3.50. The second-order valence-electron chi connectivity index (χ2n) is 5.77. The van der Waals surface area contributed by atoms with Gasteiger partial charge in [-0.15, -0.1) is 0 Å². The lowest BCUT2D eigenvalue weighted by Crippen LogP contribution is -2.58. The van der Waals surface area contributed by atoms with Crippen LogP contribution in [-0.4, -0.2) is 14.7 Å². The van der Waals surface area contributed by atoms with E-state index in [1.165, 1.54) is 22.2 Å². The Morgan fingerprint density at radius 2 is 1.38 bits per heavy atom. The van der Waals surface area contributed by atoms with Crippen LogP contribution in [0.5, 0.6) is 0 Å². The highest BCUT2D eigenvalue weighted by atomic mass is 28.3. The lowest BCUT2D eigenvalue weighted by molar-refractivity contribution is 0.233. The fourth-order valence-corrected chi connectivity index (χ4v) is 6.63. The van der Waals surface area contributed by atoms with Crippen molar-refractivity contribution in [1.82, 2.24) is 0 Å². The monoisotopic (exact) mass is 294 g/mol. The van der Waals surface area contributed by atoms with E-state index in [1.807, 2.05) is 0 Å². The van der Waals surface area contributed by atoms with E-state index in [0.29, 0.717) is 0 Å². The van der Waals surface area contributed by atoms with Crippen molar-refractivity contribution in [3.8, 4) is 0 Å². The van der Waals surface area contributed by atoms with E-state index in [1.54, 1.807) is 0 Å². The van der Waals surface area contributed by atoms with Crippen molar-refractivity contribution < 1.29 is 4.74 Å². The Balaban J connectivity index is 2.13. The van der Waals surface area contributed by atoms with Crippen LogP contribution in [0.3, 0.4) is 0 Å². The molecule has 2 aromatic rings. The van der Waals surface area contributed by atoms with Crippen LogP contribution in [0.4, 0.5) is 0 Å². The van der Waals surface area contributed by atoms with E-state index >= 15 is 0 Å². The minimum absolute atomic E-state index is 0.855. The Bertz CT molecular complexity index is 564. The molecular formula is C19H22OSi. The summed E-state index contributed by atoms with van der Waals surface area (Å²) in [6.45, 7) is 3.27. The first-order chi connectivity index (χ1) is 10.3. The molecule has 2 aromatic carbocycles. The lowest BCUT2D eigenvalue weighted by Gasteiger charge is -2.30. The highest BCUT2D eigenvalue weighted by Crippen LogP contribution is 2.21. The minimum atomic E-state index is -1.99. The molecule has 1 aliphatic rings. The Hall–Kier alpha value is -1.80. The zero-order chi connectivity index (χ0) is 14.5. The molecule has 0 unspecified atom stereocenters. The zero-order valence-corrected chi connectivity index (χ0v) is 13.6. The third-order valence-electron chi connectivity index (χ3n) is 4.38. The molecular weight excluding hydrogens is 272 g/mol. The molecule has 0 amide bonds. The fourth-order valence-electron chi connectivity index (χ4n) is 3.06. The van der Waals surface area contributed by atoms with E-state index in [4.69, 9.17) is 4.74 Å². The van der Waals surface area contributed by atoms with Crippen LogP contribution in [0.1, 0.15) is 19.3 Å². The Labute approximate surface area is 128 Å². The van der Waals surface area contributed by atoms with E-state index in [2.05, 4.69) is 73.3 Å². The summed E-state index contributed by atoms with van der Waals surface area (Å²) in [5.74, 6) is 0. The summed E-state index contributed by atoms with van der Waals surface area (Å²) >= 11 is 0. The quantitative estimate of drug-likeness (QED) is 0.787. The van der Waals surface area contributed by atoms with Gasteiger partial charge in [-0.1, -0.05) is 73.3 Å². The van der Waals surface area contributed by atoms with Gasteiger partial charge in [-0.05, 0) is 29.6 Å². The molecule has 0 aliphatic carbocycles. The number of hydrogen-bond acceptors (Lipinski definition) is 1. The van der Waals surface area contributed by atoms with E-state index in [9.17, 15) is 0 Å². The van der Waals surface area contributed by atoms with Gasteiger partial charge in [-0.25, -0.2) is 0 Å². The van der Waals surface area contributed by atoms with Crippen molar-refractivity contribution in [2.45, 2.75) is 25.8 Å². The maximum Gasteiger partial charge on any atom is 0.188 e. The van der Waals surface area contributed by atoms with Crippen LogP contribution in [-0.2, 0) is 4.74 Å². The van der Waals surface area contributed by atoms with Crippen LogP contribution < -0.4 is 10.4 Å². The highest BCUT2D eigenvalue weighted by Gasteiger charge is 2.38. The minimum Gasteiger partial charge on any atom is -0.503 e. The van der Waals surface area contributed by atoms with Crippen molar-refractivity contribution >= 4 is 18.4 Å². The maximum atomic E-state index is 6.20. The van der Waals surface area contributed by atoms with Crippen LogP contribution in [0.2, 0.25) is 6.55 Å². The molecule has 0 saturated heterocycles. The molecule has 0 N–H and O–H groups in total. The predicted molar refractivity (Wildman–Crippen MR) is 91.7 cm³/mol. The number of benzene rings is 2. The standard InChI is InChI=1S/C19H22OSi/c1-21(17-11-5-2-6-12-17,18-13-7-3-8-14-18)19-15-9-4-10-16-20-19/h2-3,5-8,11-15H,4,9-10,16H2,1H3. The van der Waals surface area contributed by atoms with Gasteiger partial charge in [0.1, 0.15) is 0 Å². The third-order valence-corrected chi connectivity index (χ3v) is 8.69. The van der Waals surface area contributed by atoms with Gasteiger partial charge in [0.25, 0.3) is 0 Å². The van der Waals surface area contributed by atoms with Crippen LogP contribution in [0.15, 0.2) is 72.1 Å². The molecule has 0 bridgehead atoms. The molecule has 1 aliphatic heterocycles. The molecule has 0 radical (unpaired) electrons. The number of rotatable bonds is 3. The second-order valence-corrected chi connectivity index (χ2v) is 9.67. The van der Waals surface area contributed by atoms with Gasteiger partial charge in [0, 0.05) is 0 Å². The van der Waals surface area contributed by atoms with Gasteiger partial charge >= 0.3 is 0 Å². The molecule has 0 spiro atoms. The average Bonchev–Trinajstić information content (AvgIpc) is 2.85. The Morgan fingerprint density at radius 1 is 0.810 bits per heavy atom. The van der Waals surface area contributed by atoms with Crippen LogP contribution >= 0.6 is 0 Å². The SMILES string of the molecule is C[Si](C1=CCCCCO1)(c1ccccc1)c1ccccc1. The largest absolute Gasteiger partial charge is 0.503 e. The average molecular weight is 294 g/mol.